The van der Waals surface area contributed by atoms with Crippen LogP contribution >= 0.6 is 0 Å². The van der Waals surface area contributed by atoms with E-state index in [0.717, 1.165) is 38.3 Å². The zero-order valence-electron chi connectivity index (χ0n) is 13.3. The van der Waals surface area contributed by atoms with Gasteiger partial charge in [0, 0.05) is 37.9 Å². The summed E-state index contributed by atoms with van der Waals surface area (Å²) in [6, 6.07) is 5.74. The molecule has 0 saturated carbocycles. The molecule has 1 fully saturated rings. The number of rotatable bonds is 2. The smallest absolute Gasteiger partial charge is 0.317 e. The second-order valence-electron chi connectivity index (χ2n) is 6.48. The molecule has 1 aliphatic heterocycles. The van der Waals surface area contributed by atoms with Crippen LogP contribution in [0.3, 0.4) is 0 Å². The molecule has 2 amide bonds. The molecule has 2 rings (SSSR count). The van der Waals surface area contributed by atoms with E-state index in [-0.39, 0.29) is 11.6 Å². The molecule has 1 aliphatic rings. The predicted molar refractivity (Wildman–Crippen MR) is 84.0 cm³/mol. The minimum absolute atomic E-state index is 0.0106. The predicted octanol–water partition coefficient (Wildman–Crippen LogP) is 2.10. The van der Waals surface area contributed by atoms with Crippen molar-refractivity contribution >= 4 is 6.03 Å². The van der Waals surface area contributed by atoms with Crippen LogP contribution < -0.4 is 5.32 Å². The Hall–Kier alpha value is -1.62. The average molecular weight is 290 g/mol. The minimum Gasteiger partial charge on any atom is -0.332 e. The average Bonchev–Trinajstić information content (AvgIpc) is 2.71. The van der Waals surface area contributed by atoms with Crippen LogP contribution in [0.1, 0.15) is 32.9 Å². The van der Waals surface area contributed by atoms with E-state index in [4.69, 9.17) is 0 Å². The van der Waals surface area contributed by atoms with E-state index in [0.29, 0.717) is 6.54 Å². The highest BCUT2D eigenvalue weighted by Crippen LogP contribution is 2.16. The SMILES string of the molecule is CC(C)(C)N1CCCN(C(=O)NCc2ccccn2)CC1. The highest BCUT2D eigenvalue weighted by atomic mass is 16.2. The first-order valence-corrected chi connectivity index (χ1v) is 7.64. The van der Waals surface area contributed by atoms with Crippen molar-refractivity contribution in [2.45, 2.75) is 39.3 Å². The highest BCUT2D eigenvalue weighted by molar-refractivity contribution is 5.74. The zero-order valence-corrected chi connectivity index (χ0v) is 13.3. The molecule has 0 atom stereocenters. The molecule has 0 bridgehead atoms. The second kappa shape index (κ2) is 6.89. The summed E-state index contributed by atoms with van der Waals surface area (Å²) in [5, 5.41) is 2.96. The molecular formula is C16H26N4O. The largest absolute Gasteiger partial charge is 0.332 e. The topological polar surface area (TPSA) is 48.5 Å². The summed E-state index contributed by atoms with van der Waals surface area (Å²) in [4.78, 5) is 20.8. The number of nitrogens with zero attached hydrogens (tertiary/aromatic N) is 3. The highest BCUT2D eigenvalue weighted by Gasteiger charge is 2.25. The van der Waals surface area contributed by atoms with Crippen LogP contribution in [0.25, 0.3) is 0 Å². The van der Waals surface area contributed by atoms with Gasteiger partial charge in [0.2, 0.25) is 0 Å². The number of amides is 2. The summed E-state index contributed by atoms with van der Waals surface area (Å²) in [6.07, 6.45) is 2.77. The maximum Gasteiger partial charge on any atom is 0.317 e. The molecule has 0 aliphatic carbocycles. The molecule has 2 heterocycles. The van der Waals surface area contributed by atoms with E-state index in [1.54, 1.807) is 6.20 Å². The molecule has 1 aromatic heterocycles. The number of nitrogens with one attached hydrogen (secondary N) is 1. The van der Waals surface area contributed by atoms with E-state index >= 15 is 0 Å². The molecule has 0 unspecified atom stereocenters. The number of urea groups is 1. The van der Waals surface area contributed by atoms with Gasteiger partial charge in [0.15, 0.2) is 0 Å². The van der Waals surface area contributed by atoms with Gasteiger partial charge in [0.1, 0.15) is 0 Å². The van der Waals surface area contributed by atoms with Crippen molar-refractivity contribution in [3.05, 3.63) is 30.1 Å². The van der Waals surface area contributed by atoms with Gasteiger partial charge in [0.05, 0.1) is 12.2 Å². The van der Waals surface area contributed by atoms with Crippen molar-refractivity contribution in [2.24, 2.45) is 0 Å². The molecule has 21 heavy (non-hydrogen) atoms. The van der Waals surface area contributed by atoms with E-state index < -0.39 is 0 Å². The third-order valence-corrected chi connectivity index (χ3v) is 3.88. The standard InChI is InChI=1S/C16H26N4O/c1-16(2,3)20-10-6-9-19(11-12-20)15(21)18-13-14-7-4-5-8-17-14/h4-5,7-8H,6,9-13H2,1-3H3,(H,18,21). The molecule has 0 spiro atoms. The molecule has 0 aromatic carbocycles. The molecule has 5 heteroatoms. The van der Waals surface area contributed by atoms with Crippen molar-refractivity contribution in [3.8, 4) is 0 Å². The molecular weight excluding hydrogens is 264 g/mol. The van der Waals surface area contributed by atoms with Gasteiger partial charge < -0.3 is 10.2 Å². The van der Waals surface area contributed by atoms with E-state index in [9.17, 15) is 4.79 Å². The number of hydrogen-bond acceptors (Lipinski definition) is 3. The van der Waals surface area contributed by atoms with Crippen molar-refractivity contribution in [3.63, 3.8) is 0 Å². The lowest BCUT2D eigenvalue weighted by Gasteiger charge is -2.34. The normalized spacial score (nSPS) is 17.4. The van der Waals surface area contributed by atoms with Crippen molar-refractivity contribution in [2.75, 3.05) is 26.2 Å². The lowest BCUT2D eigenvalue weighted by Crippen LogP contribution is -2.45. The summed E-state index contributed by atoms with van der Waals surface area (Å²) in [5.74, 6) is 0. The van der Waals surface area contributed by atoms with Gasteiger partial charge in [0.25, 0.3) is 0 Å². The molecule has 1 saturated heterocycles. The van der Waals surface area contributed by atoms with Crippen molar-refractivity contribution in [1.82, 2.24) is 20.1 Å². The van der Waals surface area contributed by atoms with E-state index in [2.05, 4.69) is 36.0 Å². The number of carbonyl (C=O) groups is 1. The van der Waals surface area contributed by atoms with Crippen LogP contribution in [-0.4, -0.2) is 52.5 Å². The Labute approximate surface area is 127 Å². The first-order chi connectivity index (χ1) is 9.97. The third-order valence-electron chi connectivity index (χ3n) is 3.88. The maximum atomic E-state index is 12.2. The van der Waals surface area contributed by atoms with Gasteiger partial charge in [-0.1, -0.05) is 6.07 Å². The number of aromatic nitrogens is 1. The lowest BCUT2D eigenvalue weighted by atomic mass is 10.1. The zero-order chi connectivity index (χ0) is 15.3. The summed E-state index contributed by atoms with van der Waals surface area (Å²) < 4.78 is 0. The van der Waals surface area contributed by atoms with E-state index in [1.807, 2.05) is 23.1 Å². The van der Waals surface area contributed by atoms with Gasteiger partial charge >= 0.3 is 6.03 Å². The van der Waals surface area contributed by atoms with E-state index in [1.165, 1.54) is 0 Å². The Morgan fingerprint density at radius 1 is 1.24 bits per heavy atom. The van der Waals surface area contributed by atoms with Crippen LogP contribution in [-0.2, 0) is 6.54 Å². The first kappa shape index (κ1) is 15.8. The molecule has 1 N–H and O–H groups in total. The fraction of sp³-hybridized carbons (Fsp3) is 0.625. The number of carbonyl (C=O) groups excluding carboxylic acids is 1. The molecule has 116 valence electrons. The van der Waals surface area contributed by atoms with Crippen molar-refractivity contribution in [1.29, 1.82) is 0 Å². The monoisotopic (exact) mass is 290 g/mol. The number of pyridine rings is 1. The Bertz CT molecular complexity index is 455. The van der Waals surface area contributed by atoms with Gasteiger partial charge in [-0.3, -0.25) is 9.88 Å². The fourth-order valence-corrected chi connectivity index (χ4v) is 2.57. The first-order valence-electron chi connectivity index (χ1n) is 7.64. The number of hydrogen-bond donors (Lipinski definition) is 1. The Morgan fingerprint density at radius 3 is 2.71 bits per heavy atom. The van der Waals surface area contributed by atoms with Crippen LogP contribution in [0, 0.1) is 0 Å². The summed E-state index contributed by atoms with van der Waals surface area (Å²) in [7, 11) is 0. The fourth-order valence-electron chi connectivity index (χ4n) is 2.57. The van der Waals surface area contributed by atoms with Crippen LogP contribution in [0.5, 0.6) is 0 Å². The maximum absolute atomic E-state index is 12.2. The molecule has 5 nitrogen and oxygen atoms in total. The van der Waals surface area contributed by atoms with Gasteiger partial charge in [-0.25, -0.2) is 4.79 Å². The van der Waals surface area contributed by atoms with Crippen molar-refractivity contribution < 1.29 is 4.79 Å². The second-order valence-corrected chi connectivity index (χ2v) is 6.48. The molecule has 0 radical (unpaired) electrons. The lowest BCUT2D eigenvalue weighted by molar-refractivity contribution is 0.141. The van der Waals surface area contributed by atoms with Gasteiger partial charge in [-0.15, -0.1) is 0 Å². The Balaban J connectivity index is 1.83. The third kappa shape index (κ3) is 4.70. The summed E-state index contributed by atoms with van der Waals surface area (Å²) in [5.41, 5.74) is 1.05. The Kier molecular flexibility index (Phi) is 5.17. The summed E-state index contributed by atoms with van der Waals surface area (Å²) in [6.45, 7) is 10.7. The Morgan fingerprint density at radius 2 is 2.05 bits per heavy atom. The summed E-state index contributed by atoms with van der Waals surface area (Å²) >= 11 is 0. The quantitative estimate of drug-likeness (QED) is 0.907. The van der Waals surface area contributed by atoms with Gasteiger partial charge in [-0.05, 0) is 39.3 Å². The molecule has 1 aromatic rings. The minimum atomic E-state index is 0.0106. The van der Waals surface area contributed by atoms with Crippen LogP contribution in [0.15, 0.2) is 24.4 Å². The van der Waals surface area contributed by atoms with Gasteiger partial charge in [-0.2, -0.15) is 0 Å². The van der Waals surface area contributed by atoms with Crippen LogP contribution in [0.4, 0.5) is 4.79 Å². The van der Waals surface area contributed by atoms with Crippen LogP contribution in [0.2, 0.25) is 0 Å².